The second-order valence-electron chi connectivity index (χ2n) is 5.81. The fraction of sp³-hybridized carbons (Fsp3) is 1.00. The Bertz CT molecular complexity index is 200. The van der Waals surface area contributed by atoms with E-state index in [0.717, 1.165) is 13.1 Å². The topological polar surface area (TPSA) is 52.0 Å². The van der Waals surface area contributed by atoms with E-state index < -0.39 is 0 Å². The van der Waals surface area contributed by atoms with Gasteiger partial charge in [-0.2, -0.15) is 0 Å². The molecule has 3 unspecified atom stereocenters. The van der Waals surface area contributed by atoms with Crippen LogP contribution in [0.15, 0.2) is 0 Å². The summed E-state index contributed by atoms with van der Waals surface area (Å²) in [6.45, 7) is 11.0. The van der Waals surface area contributed by atoms with Gasteiger partial charge in [0.05, 0.1) is 0 Å². The molecular formula is C12H26N2. The lowest BCUT2D eigenvalue weighted by molar-refractivity contribution is -0.0406. The highest BCUT2D eigenvalue weighted by atomic mass is 14.7. The van der Waals surface area contributed by atoms with Gasteiger partial charge in [0, 0.05) is 0 Å². The zero-order valence-corrected chi connectivity index (χ0v) is 10.1. The van der Waals surface area contributed by atoms with Crippen molar-refractivity contribution in [2.24, 2.45) is 34.1 Å². The molecule has 4 N–H and O–H groups in total. The van der Waals surface area contributed by atoms with Gasteiger partial charge in [0.1, 0.15) is 0 Å². The molecule has 1 aliphatic carbocycles. The average Bonchev–Trinajstić information content (AvgIpc) is 2.16. The zero-order valence-electron chi connectivity index (χ0n) is 10.1. The monoisotopic (exact) mass is 198 g/mol. The minimum absolute atomic E-state index is 0.290. The van der Waals surface area contributed by atoms with Gasteiger partial charge in [0.15, 0.2) is 0 Å². The molecule has 1 fully saturated rings. The van der Waals surface area contributed by atoms with Crippen molar-refractivity contribution >= 4 is 0 Å². The second-order valence-corrected chi connectivity index (χ2v) is 5.81. The molecule has 1 saturated carbocycles. The van der Waals surface area contributed by atoms with Crippen LogP contribution in [-0.4, -0.2) is 13.1 Å². The Balaban J connectivity index is 2.90. The molecule has 1 aliphatic rings. The SMILES string of the molecule is CC1C(CN)CCC(C)(CN)C1(C)C. The standard InChI is InChI=1S/C12H26N2/c1-9-10(7-13)5-6-12(4,8-14)11(9,2)3/h9-10H,5-8,13-14H2,1-4H3. The number of rotatable bonds is 2. The number of nitrogens with two attached hydrogens (primary N) is 2. The van der Waals surface area contributed by atoms with Crippen LogP contribution in [0.5, 0.6) is 0 Å². The summed E-state index contributed by atoms with van der Waals surface area (Å²) in [5, 5.41) is 0. The van der Waals surface area contributed by atoms with Crippen molar-refractivity contribution in [2.75, 3.05) is 13.1 Å². The molecule has 0 aromatic carbocycles. The smallest absolute Gasteiger partial charge is 0.00180 e. The lowest BCUT2D eigenvalue weighted by atomic mass is 9.51. The van der Waals surface area contributed by atoms with Gasteiger partial charge in [-0.15, -0.1) is 0 Å². The molecule has 0 bridgehead atoms. The predicted octanol–water partition coefficient (Wildman–Crippen LogP) is 1.98. The summed E-state index contributed by atoms with van der Waals surface area (Å²) >= 11 is 0. The van der Waals surface area contributed by atoms with Crippen LogP contribution in [-0.2, 0) is 0 Å². The molecule has 14 heavy (non-hydrogen) atoms. The Morgan fingerprint density at radius 2 is 1.79 bits per heavy atom. The largest absolute Gasteiger partial charge is 0.330 e. The minimum Gasteiger partial charge on any atom is -0.330 e. The minimum atomic E-state index is 0.290. The average molecular weight is 198 g/mol. The quantitative estimate of drug-likeness (QED) is 0.713. The Morgan fingerprint density at radius 1 is 1.21 bits per heavy atom. The van der Waals surface area contributed by atoms with E-state index in [4.69, 9.17) is 11.5 Å². The Kier molecular flexibility index (Phi) is 3.27. The summed E-state index contributed by atoms with van der Waals surface area (Å²) in [4.78, 5) is 0. The molecule has 2 nitrogen and oxygen atoms in total. The molecule has 2 heteroatoms. The highest BCUT2D eigenvalue weighted by molar-refractivity contribution is 4.99. The van der Waals surface area contributed by atoms with Gasteiger partial charge in [0.2, 0.25) is 0 Å². The molecule has 1 rings (SSSR count). The predicted molar refractivity (Wildman–Crippen MR) is 61.9 cm³/mol. The van der Waals surface area contributed by atoms with Crippen LogP contribution in [0.1, 0.15) is 40.5 Å². The fourth-order valence-electron chi connectivity index (χ4n) is 2.90. The molecule has 0 aromatic rings. The lowest BCUT2D eigenvalue weighted by Crippen LogP contribution is -2.52. The summed E-state index contributed by atoms with van der Waals surface area (Å²) in [6, 6.07) is 0. The lowest BCUT2D eigenvalue weighted by Gasteiger charge is -2.54. The van der Waals surface area contributed by atoms with E-state index >= 15 is 0 Å². The Hall–Kier alpha value is -0.0800. The van der Waals surface area contributed by atoms with Gasteiger partial charge in [-0.3, -0.25) is 0 Å². The van der Waals surface area contributed by atoms with Crippen molar-refractivity contribution < 1.29 is 0 Å². The maximum absolute atomic E-state index is 5.93. The van der Waals surface area contributed by atoms with Gasteiger partial charge in [0.25, 0.3) is 0 Å². The van der Waals surface area contributed by atoms with Crippen molar-refractivity contribution in [1.29, 1.82) is 0 Å². The molecule has 0 amide bonds. The van der Waals surface area contributed by atoms with Crippen LogP contribution in [0.25, 0.3) is 0 Å². The van der Waals surface area contributed by atoms with Crippen LogP contribution in [0.2, 0.25) is 0 Å². The molecule has 0 radical (unpaired) electrons. The Labute approximate surface area is 88.4 Å². The highest BCUT2D eigenvalue weighted by Gasteiger charge is 2.48. The third-order valence-electron chi connectivity index (χ3n) is 5.22. The van der Waals surface area contributed by atoms with Gasteiger partial charge in [-0.05, 0) is 48.6 Å². The third-order valence-corrected chi connectivity index (χ3v) is 5.22. The molecule has 0 aromatic heterocycles. The number of hydrogen-bond acceptors (Lipinski definition) is 2. The van der Waals surface area contributed by atoms with Crippen LogP contribution in [0.4, 0.5) is 0 Å². The van der Waals surface area contributed by atoms with Crippen molar-refractivity contribution in [3.63, 3.8) is 0 Å². The van der Waals surface area contributed by atoms with Gasteiger partial charge in [-0.25, -0.2) is 0 Å². The van der Waals surface area contributed by atoms with Crippen molar-refractivity contribution in [3.8, 4) is 0 Å². The van der Waals surface area contributed by atoms with Crippen LogP contribution in [0, 0.1) is 22.7 Å². The van der Waals surface area contributed by atoms with Crippen LogP contribution in [0.3, 0.4) is 0 Å². The first-order valence-electron chi connectivity index (χ1n) is 5.79. The molecule has 3 atom stereocenters. The normalized spacial score (nSPS) is 42.4. The fourth-order valence-corrected chi connectivity index (χ4v) is 2.90. The van der Waals surface area contributed by atoms with E-state index in [0.29, 0.717) is 17.3 Å². The third kappa shape index (κ3) is 1.59. The van der Waals surface area contributed by atoms with Crippen molar-refractivity contribution in [3.05, 3.63) is 0 Å². The molecule has 0 saturated heterocycles. The van der Waals surface area contributed by atoms with Crippen molar-refractivity contribution in [2.45, 2.75) is 40.5 Å². The zero-order chi connectivity index (χ0) is 11.0. The summed E-state index contributed by atoms with van der Waals surface area (Å²) in [5.41, 5.74) is 12.3. The first-order valence-corrected chi connectivity index (χ1v) is 5.79. The van der Waals surface area contributed by atoms with Gasteiger partial charge >= 0.3 is 0 Å². The molecule has 0 spiro atoms. The summed E-state index contributed by atoms with van der Waals surface area (Å²) in [6.07, 6.45) is 2.47. The van der Waals surface area contributed by atoms with Crippen LogP contribution >= 0.6 is 0 Å². The second kappa shape index (κ2) is 3.82. The van der Waals surface area contributed by atoms with Gasteiger partial charge in [-0.1, -0.05) is 27.7 Å². The summed E-state index contributed by atoms with van der Waals surface area (Å²) in [7, 11) is 0. The highest BCUT2D eigenvalue weighted by Crippen LogP contribution is 2.54. The van der Waals surface area contributed by atoms with Crippen LogP contribution < -0.4 is 11.5 Å². The van der Waals surface area contributed by atoms with Gasteiger partial charge < -0.3 is 11.5 Å². The first-order chi connectivity index (χ1) is 6.39. The van der Waals surface area contributed by atoms with E-state index in [-0.39, 0.29) is 5.41 Å². The van der Waals surface area contributed by atoms with E-state index in [1.54, 1.807) is 0 Å². The summed E-state index contributed by atoms with van der Waals surface area (Å²) < 4.78 is 0. The number of hydrogen-bond donors (Lipinski definition) is 2. The molecule has 0 aliphatic heterocycles. The molecular weight excluding hydrogens is 172 g/mol. The van der Waals surface area contributed by atoms with E-state index in [9.17, 15) is 0 Å². The Morgan fingerprint density at radius 3 is 2.21 bits per heavy atom. The van der Waals surface area contributed by atoms with E-state index in [1.807, 2.05) is 0 Å². The molecule has 0 heterocycles. The molecule has 84 valence electrons. The maximum atomic E-state index is 5.93. The van der Waals surface area contributed by atoms with Crippen molar-refractivity contribution in [1.82, 2.24) is 0 Å². The summed E-state index contributed by atoms with van der Waals surface area (Å²) in [5.74, 6) is 1.36. The maximum Gasteiger partial charge on any atom is -0.00180 e. The van der Waals surface area contributed by atoms with E-state index in [2.05, 4.69) is 27.7 Å². The first kappa shape index (κ1) is 12.0. The van der Waals surface area contributed by atoms with E-state index in [1.165, 1.54) is 12.8 Å².